The van der Waals surface area contributed by atoms with Gasteiger partial charge in [0, 0.05) is 18.0 Å². The summed E-state index contributed by atoms with van der Waals surface area (Å²) in [4.78, 5) is 29.5. The molecule has 0 unspecified atom stereocenters. The second kappa shape index (κ2) is 12.7. The van der Waals surface area contributed by atoms with Crippen molar-refractivity contribution in [3.63, 3.8) is 0 Å². The van der Waals surface area contributed by atoms with Crippen molar-refractivity contribution in [3.8, 4) is 17.0 Å². The molecule has 11 heteroatoms. The monoisotopic (exact) mass is 550 g/mol. The molecular weight excluding hydrogens is 520 g/mol. The molecule has 2 aromatic heterocycles. The maximum Gasteiger partial charge on any atom is 0.261 e. The highest BCUT2D eigenvalue weighted by molar-refractivity contribution is 7.99. The Labute approximate surface area is 230 Å². The Morgan fingerprint density at radius 1 is 1.11 bits per heavy atom. The largest absolute Gasteiger partial charge is 0.481 e. The maximum absolute atomic E-state index is 12.5. The number of nitrogens with one attached hydrogen (secondary N) is 2. The van der Waals surface area contributed by atoms with Gasteiger partial charge in [0.25, 0.3) is 5.91 Å². The summed E-state index contributed by atoms with van der Waals surface area (Å²) in [7, 11) is 1.80. The Kier molecular flexibility index (Phi) is 9.14. The highest BCUT2D eigenvalue weighted by atomic mass is 32.2. The number of benzene rings is 2. The first-order valence-corrected chi connectivity index (χ1v) is 14.1. The van der Waals surface area contributed by atoms with Crippen LogP contribution >= 0.6 is 23.1 Å². The van der Waals surface area contributed by atoms with Crippen LogP contribution in [-0.2, 0) is 29.6 Å². The van der Waals surface area contributed by atoms with E-state index in [2.05, 4.69) is 32.7 Å². The summed E-state index contributed by atoms with van der Waals surface area (Å²) in [5, 5.41) is 17.0. The number of ether oxygens (including phenoxy) is 1. The van der Waals surface area contributed by atoms with Crippen LogP contribution in [0.3, 0.4) is 0 Å². The fraction of sp³-hybridized carbons (Fsp3) is 0.296. The first-order chi connectivity index (χ1) is 18.3. The van der Waals surface area contributed by atoms with Gasteiger partial charge in [0.05, 0.1) is 18.0 Å². The van der Waals surface area contributed by atoms with E-state index in [4.69, 9.17) is 4.74 Å². The molecule has 1 atom stereocenters. The van der Waals surface area contributed by atoms with Crippen LogP contribution in [0, 0.1) is 6.92 Å². The van der Waals surface area contributed by atoms with Crippen LogP contribution in [0.5, 0.6) is 5.75 Å². The summed E-state index contributed by atoms with van der Waals surface area (Å²) >= 11 is 2.65. The molecule has 0 aliphatic carbocycles. The third-order valence-corrected chi connectivity index (χ3v) is 7.57. The Morgan fingerprint density at radius 3 is 2.55 bits per heavy atom. The molecule has 0 saturated heterocycles. The van der Waals surface area contributed by atoms with Gasteiger partial charge in [-0.3, -0.25) is 9.59 Å². The molecule has 0 radical (unpaired) electrons. The number of hydrogen-bond donors (Lipinski definition) is 2. The minimum atomic E-state index is -0.661. The average Bonchev–Trinajstić information content (AvgIpc) is 3.53. The zero-order chi connectivity index (χ0) is 27.1. The number of amides is 2. The number of thioether (sulfide) groups is 1. The molecule has 4 aromatic rings. The number of nitrogens with zero attached hydrogens (tertiary/aromatic N) is 4. The molecule has 0 bridgehead atoms. The predicted octanol–water partition coefficient (Wildman–Crippen LogP) is 4.62. The number of carbonyl (C=O) groups excluding carboxylic acids is 2. The summed E-state index contributed by atoms with van der Waals surface area (Å²) < 4.78 is 7.49. The lowest BCUT2D eigenvalue weighted by Crippen LogP contribution is -2.36. The fourth-order valence-corrected chi connectivity index (χ4v) is 4.94. The van der Waals surface area contributed by atoms with Crippen LogP contribution in [-0.4, -0.2) is 43.4 Å². The Hall–Kier alpha value is -3.70. The van der Waals surface area contributed by atoms with E-state index in [1.807, 2.05) is 60.8 Å². The van der Waals surface area contributed by atoms with Crippen LogP contribution in [0.2, 0.25) is 0 Å². The van der Waals surface area contributed by atoms with E-state index in [1.54, 1.807) is 18.5 Å². The number of aromatic nitrogens is 4. The molecule has 0 aliphatic heterocycles. The van der Waals surface area contributed by atoms with E-state index in [0.717, 1.165) is 17.7 Å². The van der Waals surface area contributed by atoms with Crippen LogP contribution < -0.4 is 15.4 Å². The highest BCUT2D eigenvalue weighted by Crippen LogP contribution is 2.25. The van der Waals surface area contributed by atoms with E-state index in [9.17, 15) is 9.59 Å². The molecule has 0 spiro atoms. The predicted molar refractivity (Wildman–Crippen MR) is 150 cm³/mol. The second-order valence-corrected chi connectivity index (χ2v) is 10.5. The van der Waals surface area contributed by atoms with Crippen LogP contribution in [0.25, 0.3) is 11.3 Å². The topological polar surface area (TPSA) is 111 Å². The molecule has 4 rings (SSSR count). The van der Waals surface area contributed by atoms with Crippen molar-refractivity contribution in [2.75, 3.05) is 11.1 Å². The van der Waals surface area contributed by atoms with Gasteiger partial charge in [0.15, 0.2) is 22.2 Å². The number of aryl methyl sites for hydroxylation is 2. The van der Waals surface area contributed by atoms with E-state index in [1.165, 1.54) is 34.2 Å². The maximum atomic E-state index is 12.5. The van der Waals surface area contributed by atoms with Gasteiger partial charge in [-0.15, -0.1) is 21.5 Å². The normalized spacial score (nSPS) is 11.7. The average molecular weight is 551 g/mol. The lowest BCUT2D eigenvalue weighted by Gasteiger charge is -2.15. The minimum absolute atomic E-state index is 0.152. The van der Waals surface area contributed by atoms with Crippen molar-refractivity contribution in [1.29, 1.82) is 0 Å². The number of hydrogen-bond acceptors (Lipinski definition) is 8. The highest BCUT2D eigenvalue weighted by Gasteiger charge is 2.17. The summed E-state index contributed by atoms with van der Waals surface area (Å²) in [6, 6.07) is 15.8. The number of anilines is 1. The van der Waals surface area contributed by atoms with E-state index in [-0.39, 0.29) is 24.1 Å². The molecular formula is C27H30N6O3S2. The van der Waals surface area contributed by atoms with Crippen LogP contribution in [0.4, 0.5) is 5.13 Å². The Morgan fingerprint density at radius 2 is 1.84 bits per heavy atom. The summed E-state index contributed by atoms with van der Waals surface area (Å²) in [5.74, 6) is 0.928. The van der Waals surface area contributed by atoms with E-state index in [0.29, 0.717) is 21.9 Å². The van der Waals surface area contributed by atoms with Gasteiger partial charge < -0.3 is 19.9 Å². The van der Waals surface area contributed by atoms with Gasteiger partial charge >= 0.3 is 0 Å². The van der Waals surface area contributed by atoms with Gasteiger partial charge in [0.1, 0.15) is 5.75 Å². The van der Waals surface area contributed by atoms with Gasteiger partial charge in [-0.2, -0.15) is 0 Å². The van der Waals surface area contributed by atoms with Gasteiger partial charge in [-0.05, 0) is 38.0 Å². The lowest BCUT2D eigenvalue weighted by atomic mass is 10.1. The van der Waals surface area contributed by atoms with Crippen molar-refractivity contribution in [2.24, 2.45) is 7.05 Å². The summed E-state index contributed by atoms with van der Waals surface area (Å²) in [5.41, 5.74) is 4.22. The number of thiazole rings is 1. The SMILES string of the molecule is CCc1ccc(O[C@@H](C)C(=O)NCc2nnc(SCC(=O)Nc3nc(-c4ccc(C)cc4)cs3)n2C)cc1. The molecule has 2 N–H and O–H groups in total. The molecule has 2 aromatic carbocycles. The van der Waals surface area contributed by atoms with Crippen molar-refractivity contribution < 1.29 is 14.3 Å². The number of carbonyl (C=O) groups is 2. The third-order valence-electron chi connectivity index (χ3n) is 5.79. The minimum Gasteiger partial charge on any atom is -0.481 e. The molecule has 9 nitrogen and oxygen atoms in total. The molecule has 2 amide bonds. The third kappa shape index (κ3) is 7.20. The van der Waals surface area contributed by atoms with Gasteiger partial charge in [-0.1, -0.05) is 60.6 Å². The molecule has 0 aliphatic rings. The molecule has 38 heavy (non-hydrogen) atoms. The second-order valence-electron chi connectivity index (χ2n) is 8.67. The molecule has 2 heterocycles. The van der Waals surface area contributed by atoms with Crippen molar-refractivity contribution in [3.05, 3.63) is 70.9 Å². The molecule has 0 fully saturated rings. The van der Waals surface area contributed by atoms with E-state index < -0.39 is 6.10 Å². The van der Waals surface area contributed by atoms with Crippen molar-refractivity contribution in [1.82, 2.24) is 25.1 Å². The quantitative estimate of drug-likeness (QED) is 0.262. The fourth-order valence-electron chi connectivity index (χ4n) is 3.47. The zero-order valence-corrected chi connectivity index (χ0v) is 23.4. The zero-order valence-electron chi connectivity index (χ0n) is 21.7. The number of rotatable bonds is 11. The first-order valence-electron chi connectivity index (χ1n) is 12.2. The molecule has 0 saturated carbocycles. The summed E-state index contributed by atoms with van der Waals surface area (Å²) in [6.45, 7) is 6.01. The first kappa shape index (κ1) is 27.3. The van der Waals surface area contributed by atoms with Gasteiger partial charge in [0.2, 0.25) is 5.91 Å². The van der Waals surface area contributed by atoms with Crippen molar-refractivity contribution >= 4 is 40.0 Å². The van der Waals surface area contributed by atoms with E-state index >= 15 is 0 Å². The Bertz CT molecular complexity index is 1380. The van der Waals surface area contributed by atoms with Crippen LogP contribution in [0.1, 0.15) is 30.8 Å². The van der Waals surface area contributed by atoms with Crippen LogP contribution in [0.15, 0.2) is 59.1 Å². The van der Waals surface area contributed by atoms with Crippen molar-refractivity contribution in [2.45, 2.75) is 45.0 Å². The smallest absolute Gasteiger partial charge is 0.261 e. The standard InChI is InChI=1S/C27H30N6O3S2/c1-5-19-8-12-21(13-9-19)36-18(3)25(35)28-14-23-31-32-27(33(23)4)38-16-24(34)30-26-29-22(15-37-26)20-10-6-17(2)7-11-20/h6-13,15,18H,5,14,16H2,1-4H3,(H,28,35)(H,29,30,34)/t18-/m0/s1. The van der Waals surface area contributed by atoms with Gasteiger partial charge in [-0.25, -0.2) is 4.98 Å². The summed E-state index contributed by atoms with van der Waals surface area (Å²) in [6.07, 6.45) is 0.283. The lowest BCUT2D eigenvalue weighted by molar-refractivity contribution is -0.127. The molecule has 198 valence electrons. The Balaban J connectivity index is 1.23.